The van der Waals surface area contributed by atoms with E-state index in [9.17, 15) is 10.2 Å². The molecular weight excluding hydrogens is 653 g/mol. The van der Waals surface area contributed by atoms with Crippen LogP contribution in [0.5, 0.6) is 11.5 Å². The Hall–Kier alpha value is -6.14. The first-order valence-corrected chi connectivity index (χ1v) is 18.2. The molecule has 6 nitrogen and oxygen atoms in total. The minimum atomic E-state index is -0.199. The highest BCUT2D eigenvalue weighted by Gasteiger charge is 2.25. The molecule has 0 fully saturated rings. The van der Waals surface area contributed by atoms with Crippen LogP contribution in [0.25, 0.3) is 82.9 Å². The van der Waals surface area contributed by atoms with E-state index in [0.717, 1.165) is 71.7 Å². The van der Waals surface area contributed by atoms with E-state index >= 15 is 0 Å². The van der Waals surface area contributed by atoms with E-state index < -0.39 is 0 Å². The van der Waals surface area contributed by atoms with Crippen LogP contribution in [0, 0.1) is 5.41 Å². The summed E-state index contributed by atoms with van der Waals surface area (Å²) in [6.07, 6.45) is 2.70. The zero-order valence-electron chi connectivity index (χ0n) is 30.9. The van der Waals surface area contributed by atoms with Crippen LogP contribution in [0.4, 0.5) is 0 Å². The number of phenolic OH excluding ortho intramolecular Hbond substituents is 1. The van der Waals surface area contributed by atoms with Gasteiger partial charge in [0, 0.05) is 60.3 Å². The number of H-pyrrole nitrogens is 2. The molecule has 3 aromatic carbocycles. The Kier molecular flexibility index (Phi) is 7.22. The minimum absolute atomic E-state index is 0.147. The van der Waals surface area contributed by atoms with Crippen molar-refractivity contribution in [1.29, 1.82) is 0 Å². The molecule has 1 aliphatic rings. The largest absolute Gasteiger partial charge is 0.507 e. The van der Waals surface area contributed by atoms with E-state index in [1.165, 1.54) is 5.57 Å². The molecule has 8 aromatic rings. The number of benzene rings is 3. The fraction of sp³-hybridized carbons (Fsp3) is 0.191. The fourth-order valence-electron chi connectivity index (χ4n) is 7.64. The van der Waals surface area contributed by atoms with Crippen molar-refractivity contribution in [3.05, 3.63) is 125 Å². The van der Waals surface area contributed by atoms with Gasteiger partial charge in [-0.25, -0.2) is 9.97 Å². The van der Waals surface area contributed by atoms with Gasteiger partial charge >= 0.3 is 0 Å². The van der Waals surface area contributed by atoms with Crippen molar-refractivity contribution in [2.75, 3.05) is 0 Å². The number of fused-ring (bicyclic) bond motifs is 14. The van der Waals surface area contributed by atoms with Crippen LogP contribution in [-0.2, 0) is 11.8 Å². The van der Waals surface area contributed by atoms with Crippen molar-refractivity contribution in [2.24, 2.45) is 5.41 Å². The van der Waals surface area contributed by atoms with Crippen LogP contribution in [0.15, 0.2) is 109 Å². The van der Waals surface area contributed by atoms with Crippen LogP contribution in [0.1, 0.15) is 58.2 Å². The van der Waals surface area contributed by atoms with Crippen molar-refractivity contribution in [1.82, 2.24) is 19.9 Å². The summed E-state index contributed by atoms with van der Waals surface area (Å²) >= 11 is 0. The van der Waals surface area contributed by atoms with E-state index in [1.807, 2.05) is 42.5 Å². The van der Waals surface area contributed by atoms with Crippen LogP contribution in [0.2, 0.25) is 0 Å². The molecule has 5 heterocycles. The standard InChI is InChI=1S/C47H42N4O2/c1-46(2,3)29-22-31-35-18-20-39(48-35)41(26-10-8-7-9-11-26)40-21-19-36(49-40)32-23-30(47(4,5)6)25-34(45(32)53)38-17-15-28-13-12-27-14-16-37(33(24-29)44(31)52)50-42(27)43(28)51-38/h7-24,48-49,52-53H,25H2,1-6H3. The molecule has 12 bridgehead atoms. The second-order valence-electron chi connectivity index (χ2n) is 16.4. The fourth-order valence-corrected chi connectivity index (χ4v) is 7.64. The molecule has 0 unspecified atom stereocenters. The number of nitrogens with one attached hydrogen (secondary N) is 2. The van der Waals surface area contributed by atoms with Crippen LogP contribution < -0.4 is 0 Å². The summed E-state index contributed by atoms with van der Waals surface area (Å²) in [4.78, 5) is 17.9. The molecule has 0 radical (unpaired) electrons. The molecule has 1 aliphatic carbocycles. The number of pyridine rings is 2. The monoisotopic (exact) mass is 694 g/mol. The molecule has 9 rings (SSSR count). The Morgan fingerprint density at radius 1 is 0.566 bits per heavy atom. The number of aromatic hydroxyl groups is 2. The smallest absolute Gasteiger partial charge is 0.134 e. The molecule has 0 saturated carbocycles. The van der Waals surface area contributed by atoms with Crippen molar-refractivity contribution < 1.29 is 10.2 Å². The van der Waals surface area contributed by atoms with Crippen LogP contribution in [0.3, 0.4) is 0 Å². The lowest BCUT2D eigenvalue weighted by Crippen LogP contribution is -2.14. The molecule has 0 spiro atoms. The summed E-state index contributed by atoms with van der Waals surface area (Å²) in [5.74, 6) is 0.374. The van der Waals surface area contributed by atoms with E-state index in [4.69, 9.17) is 9.97 Å². The maximum absolute atomic E-state index is 12.2. The van der Waals surface area contributed by atoms with E-state index in [0.29, 0.717) is 28.2 Å². The maximum atomic E-state index is 12.2. The van der Waals surface area contributed by atoms with E-state index in [2.05, 4.69) is 118 Å². The third kappa shape index (κ3) is 5.48. The summed E-state index contributed by atoms with van der Waals surface area (Å²) in [5.41, 5.74) is 11.7. The van der Waals surface area contributed by atoms with Gasteiger partial charge in [-0.3, -0.25) is 0 Å². The first-order chi connectivity index (χ1) is 25.3. The molecule has 262 valence electrons. The van der Waals surface area contributed by atoms with Crippen molar-refractivity contribution in [3.63, 3.8) is 0 Å². The zero-order valence-corrected chi connectivity index (χ0v) is 30.9. The lowest BCUT2D eigenvalue weighted by Gasteiger charge is -2.27. The van der Waals surface area contributed by atoms with Gasteiger partial charge in [0.1, 0.15) is 11.5 Å². The number of allylic oxidation sites excluding steroid dienone is 1. The van der Waals surface area contributed by atoms with Crippen molar-refractivity contribution in [2.45, 2.75) is 53.4 Å². The maximum Gasteiger partial charge on any atom is 0.134 e. The highest BCUT2D eigenvalue weighted by molar-refractivity contribution is 6.07. The predicted octanol–water partition coefficient (Wildman–Crippen LogP) is 12.1. The zero-order chi connectivity index (χ0) is 36.8. The second-order valence-corrected chi connectivity index (χ2v) is 16.4. The summed E-state index contributed by atoms with van der Waals surface area (Å²) in [5, 5.41) is 27.6. The normalized spacial score (nSPS) is 13.3. The van der Waals surface area contributed by atoms with Gasteiger partial charge in [0.05, 0.1) is 22.1 Å². The number of phenols is 1. The molecule has 0 saturated heterocycles. The molecule has 0 amide bonds. The Bertz CT molecular complexity index is 2950. The lowest BCUT2D eigenvalue weighted by atomic mass is 9.79. The van der Waals surface area contributed by atoms with Gasteiger partial charge in [-0.15, -0.1) is 0 Å². The number of aromatic amines is 2. The van der Waals surface area contributed by atoms with Crippen molar-refractivity contribution in [3.8, 4) is 22.6 Å². The first kappa shape index (κ1) is 32.7. The van der Waals surface area contributed by atoms with Crippen LogP contribution >= 0.6 is 0 Å². The molecule has 5 aromatic heterocycles. The van der Waals surface area contributed by atoms with Gasteiger partial charge < -0.3 is 20.2 Å². The summed E-state index contributed by atoms with van der Waals surface area (Å²) < 4.78 is 0. The Morgan fingerprint density at radius 2 is 1.13 bits per heavy atom. The highest BCUT2D eigenvalue weighted by atomic mass is 16.3. The van der Waals surface area contributed by atoms with E-state index in [-0.39, 0.29) is 22.3 Å². The quantitative estimate of drug-likeness (QED) is 0.129. The first-order valence-electron chi connectivity index (χ1n) is 18.2. The third-order valence-corrected chi connectivity index (χ3v) is 10.8. The van der Waals surface area contributed by atoms with Gasteiger partial charge in [0.15, 0.2) is 0 Å². The van der Waals surface area contributed by atoms with Gasteiger partial charge in [-0.2, -0.15) is 0 Å². The molecule has 4 N–H and O–H groups in total. The summed E-state index contributed by atoms with van der Waals surface area (Å²) in [6.45, 7) is 13.2. The summed E-state index contributed by atoms with van der Waals surface area (Å²) in [6, 6.07) is 34.9. The number of hydrogen-bond donors (Lipinski definition) is 4. The Labute approximate surface area is 307 Å². The number of aromatic nitrogens is 4. The van der Waals surface area contributed by atoms with Gasteiger partial charge in [-0.1, -0.05) is 102 Å². The van der Waals surface area contributed by atoms with Crippen molar-refractivity contribution >= 4 is 71.8 Å². The lowest BCUT2D eigenvalue weighted by molar-refractivity contribution is 0.456. The molecular formula is C47H42N4O2. The molecule has 0 aliphatic heterocycles. The predicted molar refractivity (Wildman–Crippen MR) is 221 cm³/mol. The Balaban J connectivity index is 1.53. The Morgan fingerprint density at radius 3 is 1.79 bits per heavy atom. The number of rotatable bonds is 1. The number of nitrogens with zero attached hydrogens (tertiary/aromatic N) is 2. The second kappa shape index (κ2) is 11.7. The average Bonchev–Trinajstić information content (AvgIpc) is 3.82. The van der Waals surface area contributed by atoms with Gasteiger partial charge in [0.2, 0.25) is 0 Å². The number of hydrogen-bond acceptors (Lipinski definition) is 4. The molecule has 53 heavy (non-hydrogen) atoms. The third-order valence-electron chi connectivity index (χ3n) is 10.8. The van der Waals surface area contributed by atoms with Gasteiger partial charge in [-0.05, 0) is 83.0 Å². The average molecular weight is 695 g/mol. The molecule has 0 atom stereocenters. The van der Waals surface area contributed by atoms with Gasteiger partial charge in [0.25, 0.3) is 0 Å². The highest BCUT2D eigenvalue weighted by Crippen LogP contribution is 2.42. The van der Waals surface area contributed by atoms with E-state index in [1.54, 1.807) is 0 Å². The SMILES string of the molecule is CC(C)(C)C1=Cc2c(O)c(c3ccc4ccc5ccc(nc5c4n3)c3cc(C(C)(C)C)cc(c3O)c3ccc([nH]3)c(-c3ccccc3)c3ccc2[nH]3)C1. The topological polar surface area (TPSA) is 97.8 Å². The summed E-state index contributed by atoms with van der Waals surface area (Å²) in [7, 11) is 0. The van der Waals surface area contributed by atoms with Crippen LogP contribution in [-0.4, -0.2) is 30.1 Å². The molecule has 6 heteroatoms. The minimum Gasteiger partial charge on any atom is -0.507 e.